The second kappa shape index (κ2) is 5.50. The van der Waals surface area contributed by atoms with Gasteiger partial charge in [0.2, 0.25) is 0 Å². The van der Waals surface area contributed by atoms with E-state index < -0.39 is 11.9 Å². The highest BCUT2D eigenvalue weighted by atomic mass is 35.5. The van der Waals surface area contributed by atoms with Gasteiger partial charge in [-0.25, -0.2) is 9.37 Å². The highest BCUT2D eigenvalue weighted by molar-refractivity contribution is 6.30. The molecule has 1 N–H and O–H groups in total. The van der Waals surface area contributed by atoms with Crippen LogP contribution in [0.25, 0.3) is 0 Å². The number of nitrogens with zero attached hydrogens (tertiary/aromatic N) is 2. The molecular formula is C13H14ClFN2O. The minimum absolute atomic E-state index is 0.0311. The largest absolute Gasteiger partial charge is 0.388 e. The number of halogens is 2. The van der Waals surface area contributed by atoms with Crippen molar-refractivity contribution in [1.29, 1.82) is 0 Å². The third-order valence-electron chi connectivity index (χ3n) is 2.89. The van der Waals surface area contributed by atoms with Crippen LogP contribution in [0.3, 0.4) is 0 Å². The van der Waals surface area contributed by atoms with Crippen molar-refractivity contribution in [3.8, 4) is 0 Å². The second-order valence-electron chi connectivity index (χ2n) is 4.18. The van der Waals surface area contributed by atoms with Gasteiger partial charge in [0.15, 0.2) is 0 Å². The summed E-state index contributed by atoms with van der Waals surface area (Å²) in [6.07, 6.45) is 4.08. The molecule has 0 saturated heterocycles. The third-order valence-corrected chi connectivity index (χ3v) is 3.18. The number of benzene rings is 1. The molecule has 0 saturated carbocycles. The molecule has 96 valence electrons. The Morgan fingerprint density at radius 1 is 1.50 bits per heavy atom. The van der Waals surface area contributed by atoms with E-state index in [0.29, 0.717) is 18.4 Å². The van der Waals surface area contributed by atoms with Crippen molar-refractivity contribution in [2.75, 3.05) is 0 Å². The summed E-state index contributed by atoms with van der Waals surface area (Å²) in [5.74, 6) is 0.430. The number of imidazole rings is 1. The normalized spacial score (nSPS) is 12.7. The average Bonchev–Trinajstić information content (AvgIpc) is 2.75. The van der Waals surface area contributed by atoms with Crippen LogP contribution in [0.5, 0.6) is 0 Å². The van der Waals surface area contributed by atoms with Crippen molar-refractivity contribution in [3.63, 3.8) is 0 Å². The Morgan fingerprint density at radius 2 is 2.28 bits per heavy atom. The Hall–Kier alpha value is -1.39. The monoisotopic (exact) mass is 268 g/mol. The van der Waals surface area contributed by atoms with Gasteiger partial charge in [-0.05, 0) is 24.1 Å². The maximum absolute atomic E-state index is 13.0. The lowest BCUT2D eigenvalue weighted by atomic mass is 10.0. The molecule has 1 aromatic heterocycles. The smallest absolute Gasteiger partial charge is 0.141 e. The van der Waals surface area contributed by atoms with Crippen molar-refractivity contribution in [1.82, 2.24) is 9.55 Å². The maximum atomic E-state index is 13.0. The molecule has 0 aliphatic rings. The summed E-state index contributed by atoms with van der Waals surface area (Å²) >= 11 is 5.68. The van der Waals surface area contributed by atoms with Crippen LogP contribution in [0.1, 0.15) is 23.9 Å². The number of rotatable bonds is 4. The van der Waals surface area contributed by atoms with Gasteiger partial charge in [0, 0.05) is 25.9 Å². The molecular weight excluding hydrogens is 255 g/mol. The molecule has 0 aliphatic carbocycles. The maximum Gasteiger partial charge on any atom is 0.141 e. The number of hydrogen-bond acceptors (Lipinski definition) is 2. The van der Waals surface area contributed by atoms with Crippen LogP contribution < -0.4 is 0 Å². The molecule has 0 aliphatic heterocycles. The van der Waals surface area contributed by atoms with Crippen LogP contribution in [0.2, 0.25) is 5.02 Å². The first-order chi connectivity index (χ1) is 8.58. The summed E-state index contributed by atoms with van der Waals surface area (Å²) in [5, 5.41) is 10.0. The van der Waals surface area contributed by atoms with Crippen LogP contribution in [0.15, 0.2) is 30.6 Å². The predicted octanol–water partition coefficient (Wildman–Crippen LogP) is 2.88. The number of hydrogen-bond donors (Lipinski definition) is 1. The van der Waals surface area contributed by atoms with Gasteiger partial charge in [0.1, 0.15) is 11.6 Å². The summed E-state index contributed by atoms with van der Waals surface area (Å²) in [6.45, 7) is 0. The molecule has 0 fully saturated rings. The zero-order valence-corrected chi connectivity index (χ0v) is 10.7. The van der Waals surface area contributed by atoms with E-state index >= 15 is 0 Å². The van der Waals surface area contributed by atoms with E-state index in [1.54, 1.807) is 12.3 Å². The van der Waals surface area contributed by atoms with Gasteiger partial charge in [-0.15, -0.1) is 0 Å². The van der Waals surface area contributed by atoms with Crippen LogP contribution in [0.4, 0.5) is 4.39 Å². The third kappa shape index (κ3) is 2.89. The SMILES string of the molecule is Cn1ccnc1CCC(O)c1ccc(F)c(Cl)c1. The molecule has 5 heteroatoms. The lowest BCUT2D eigenvalue weighted by Gasteiger charge is -2.11. The fourth-order valence-electron chi connectivity index (χ4n) is 1.79. The van der Waals surface area contributed by atoms with Gasteiger partial charge < -0.3 is 9.67 Å². The van der Waals surface area contributed by atoms with E-state index in [1.165, 1.54) is 12.1 Å². The molecule has 0 spiro atoms. The zero-order valence-electron chi connectivity index (χ0n) is 9.98. The van der Waals surface area contributed by atoms with E-state index in [9.17, 15) is 9.50 Å². The second-order valence-corrected chi connectivity index (χ2v) is 4.59. The molecule has 2 rings (SSSR count). The van der Waals surface area contributed by atoms with E-state index in [-0.39, 0.29) is 5.02 Å². The Balaban J connectivity index is 2.01. The standard InChI is InChI=1S/C13H14ClFN2O/c1-17-7-6-16-13(17)5-4-12(18)9-2-3-11(15)10(14)8-9/h2-3,6-8,12,18H,4-5H2,1H3. The van der Waals surface area contributed by atoms with Crippen molar-refractivity contribution < 1.29 is 9.50 Å². The first-order valence-electron chi connectivity index (χ1n) is 5.67. The summed E-state index contributed by atoms with van der Waals surface area (Å²) in [5.41, 5.74) is 0.621. The van der Waals surface area contributed by atoms with Crippen molar-refractivity contribution in [2.45, 2.75) is 18.9 Å². The average molecular weight is 269 g/mol. The molecule has 0 radical (unpaired) electrons. The lowest BCUT2D eigenvalue weighted by Crippen LogP contribution is -2.03. The van der Waals surface area contributed by atoms with Crippen molar-refractivity contribution in [2.24, 2.45) is 7.05 Å². The fourth-order valence-corrected chi connectivity index (χ4v) is 1.98. The molecule has 1 unspecified atom stereocenters. The van der Waals surface area contributed by atoms with E-state index in [2.05, 4.69) is 4.98 Å². The minimum atomic E-state index is -0.667. The predicted molar refractivity (Wildman–Crippen MR) is 67.9 cm³/mol. The summed E-state index contributed by atoms with van der Waals surface area (Å²) in [7, 11) is 1.91. The summed E-state index contributed by atoms with van der Waals surface area (Å²) in [6, 6.07) is 4.27. The van der Waals surface area contributed by atoms with E-state index in [0.717, 1.165) is 5.82 Å². The van der Waals surface area contributed by atoms with Crippen molar-refractivity contribution >= 4 is 11.6 Å². The van der Waals surface area contributed by atoms with Gasteiger partial charge in [0.25, 0.3) is 0 Å². The first-order valence-corrected chi connectivity index (χ1v) is 6.05. The number of aliphatic hydroxyl groups is 1. The summed E-state index contributed by atoms with van der Waals surface area (Å²) in [4.78, 5) is 4.18. The Morgan fingerprint density at radius 3 is 2.89 bits per heavy atom. The summed E-state index contributed by atoms with van der Waals surface area (Å²) < 4.78 is 14.9. The Labute approximate surface area is 110 Å². The van der Waals surface area contributed by atoms with Gasteiger partial charge in [-0.3, -0.25) is 0 Å². The Kier molecular flexibility index (Phi) is 3.99. The van der Waals surface area contributed by atoms with Crippen LogP contribution in [-0.4, -0.2) is 14.7 Å². The zero-order chi connectivity index (χ0) is 13.1. The molecule has 2 aromatic rings. The lowest BCUT2D eigenvalue weighted by molar-refractivity contribution is 0.166. The van der Waals surface area contributed by atoms with Crippen LogP contribution >= 0.6 is 11.6 Å². The van der Waals surface area contributed by atoms with Gasteiger partial charge in [-0.2, -0.15) is 0 Å². The molecule has 0 amide bonds. The number of aromatic nitrogens is 2. The van der Waals surface area contributed by atoms with Crippen LogP contribution in [0, 0.1) is 5.82 Å². The van der Waals surface area contributed by atoms with Gasteiger partial charge >= 0.3 is 0 Å². The topological polar surface area (TPSA) is 38.0 Å². The minimum Gasteiger partial charge on any atom is -0.388 e. The fraction of sp³-hybridized carbons (Fsp3) is 0.308. The molecule has 3 nitrogen and oxygen atoms in total. The van der Waals surface area contributed by atoms with Gasteiger partial charge in [0.05, 0.1) is 11.1 Å². The molecule has 1 heterocycles. The molecule has 1 atom stereocenters. The highest BCUT2D eigenvalue weighted by Gasteiger charge is 2.11. The quantitative estimate of drug-likeness (QED) is 0.926. The highest BCUT2D eigenvalue weighted by Crippen LogP contribution is 2.23. The van der Waals surface area contributed by atoms with Crippen molar-refractivity contribution in [3.05, 3.63) is 52.8 Å². The number of aryl methyl sites for hydroxylation is 2. The Bertz CT molecular complexity index is 542. The molecule has 0 bridgehead atoms. The first kappa shape index (κ1) is 13.1. The number of aliphatic hydroxyl groups excluding tert-OH is 1. The van der Waals surface area contributed by atoms with E-state index in [1.807, 2.05) is 17.8 Å². The van der Waals surface area contributed by atoms with Gasteiger partial charge in [-0.1, -0.05) is 17.7 Å². The van der Waals surface area contributed by atoms with E-state index in [4.69, 9.17) is 11.6 Å². The van der Waals surface area contributed by atoms with Crippen LogP contribution in [-0.2, 0) is 13.5 Å². The molecule has 18 heavy (non-hydrogen) atoms. The molecule has 1 aromatic carbocycles.